The van der Waals surface area contributed by atoms with Crippen molar-refractivity contribution in [3.05, 3.63) is 53.3 Å². The van der Waals surface area contributed by atoms with Crippen molar-refractivity contribution in [2.24, 2.45) is 0 Å². The molecule has 9 heteroatoms. The summed E-state index contributed by atoms with van der Waals surface area (Å²) in [4.78, 5) is 20.5. The molecule has 5 N–H and O–H groups in total. The van der Waals surface area contributed by atoms with Crippen molar-refractivity contribution >= 4 is 33.7 Å². The number of phenolic OH excluding ortho intramolecular Hbond substituents is 2. The Morgan fingerprint density at radius 2 is 2.03 bits per heavy atom. The third kappa shape index (κ3) is 5.76. The maximum atomic E-state index is 11.1. The largest absolute Gasteiger partial charge is 0.504 e. The number of nitrogen functional groups attached to an aromatic ring is 1. The molecule has 2 aromatic heterocycles. The number of terminal acetylenes is 1. The van der Waals surface area contributed by atoms with Crippen LogP contribution < -0.4 is 11.1 Å². The lowest BCUT2D eigenvalue weighted by atomic mass is 10.1. The fourth-order valence-electron chi connectivity index (χ4n) is 4.31. The summed E-state index contributed by atoms with van der Waals surface area (Å²) in [5.41, 5.74) is 10.2. The second-order valence-electron chi connectivity index (χ2n) is 8.81. The number of anilines is 1. The third-order valence-electron chi connectivity index (χ3n) is 6.23. The number of imidazole rings is 1. The lowest BCUT2D eigenvalue weighted by molar-refractivity contribution is -0.115. The van der Waals surface area contributed by atoms with Gasteiger partial charge in [-0.05, 0) is 36.5 Å². The quantitative estimate of drug-likeness (QED) is 0.141. The number of para-hydroxylation sites is 1. The second kappa shape index (κ2) is 11.6. The SMILES string of the molecule is C#CC(=O)NCCOCCc1ccc2c(c1)nc(N)c1nc(CCCC)n(Cc3cccc(O)c3O)c12. The summed E-state index contributed by atoms with van der Waals surface area (Å²) < 4.78 is 7.66. The number of phenols is 2. The Labute approximate surface area is 215 Å². The van der Waals surface area contributed by atoms with Crippen LogP contribution in [0.4, 0.5) is 5.82 Å². The number of carbonyl (C=O) groups excluding carboxylic acids is 1. The first-order valence-corrected chi connectivity index (χ1v) is 12.3. The normalized spacial score (nSPS) is 11.1. The molecule has 37 heavy (non-hydrogen) atoms. The first-order valence-electron chi connectivity index (χ1n) is 12.3. The van der Waals surface area contributed by atoms with Crippen LogP contribution in [-0.2, 0) is 28.9 Å². The zero-order valence-electron chi connectivity index (χ0n) is 20.8. The van der Waals surface area contributed by atoms with Crippen LogP contribution in [0.15, 0.2) is 36.4 Å². The predicted octanol–water partition coefficient (Wildman–Crippen LogP) is 3.28. The Kier molecular flexibility index (Phi) is 8.11. The predicted molar refractivity (Wildman–Crippen MR) is 143 cm³/mol. The molecule has 0 saturated heterocycles. The van der Waals surface area contributed by atoms with Gasteiger partial charge in [0.25, 0.3) is 5.91 Å². The van der Waals surface area contributed by atoms with Crippen molar-refractivity contribution in [2.45, 2.75) is 39.2 Å². The molecule has 0 radical (unpaired) electrons. The Morgan fingerprint density at radius 1 is 1.19 bits per heavy atom. The number of hydrogen-bond acceptors (Lipinski definition) is 7. The van der Waals surface area contributed by atoms with Crippen LogP contribution in [0.3, 0.4) is 0 Å². The van der Waals surface area contributed by atoms with Crippen molar-refractivity contribution in [2.75, 3.05) is 25.5 Å². The number of nitrogens with zero attached hydrogens (tertiary/aromatic N) is 3. The van der Waals surface area contributed by atoms with Gasteiger partial charge in [0.1, 0.15) is 11.3 Å². The van der Waals surface area contributed by atoms with E-state index in [9.17, 15) is 15.0 Å². The maximum absolute atomic E-state index is 11.1. The Hall–Kier alpha value is -4.29. The monoisotopic (exact) mass is 501 g/mol. The number of aryl methyl sites for hydroxylation is 1. The number of hydrogen-bond donors (Lipinski definition) is 4. The van der Waals surface area contributed by atoms with E-state index in [4.69, 9.17) is 21.9 Å². The zero-order chi connectivity index (χ0) is 26.4. The van der Waals surface area contributed by atoms with Crippen molar-refractivity contribution in [1.82, 2.24) is 19.9 Å². The van der Waals surface area contributed by atoms with Gasteiger partial charge in [0.05, 0.1) is 30.8 Å². The highest BCUT2D eigenvalue weighted by Gasteiger charge is 2.19. The van der Waals surface area contributed by atoms with E-state index in [1.165, 1.54) is 6.07 Å². The summed E-state index contributed by atoms with van der Waals surface area (Å²) in [5.74, 6) is 2.44. The minimum atomic E-state index is -0.454. The number of carbonyl (C=O) groups is 1. The first kappa shape index (κ1) is 25.8. The Balaban J connectivity index is 1.64. The van der Waals surface area contributed by atoms with Crippen molar-refractivity contribution in [3.8, 4) is 23.8 Å². The summed E-state index contributed by atoms with van der Waals surface area (Å²) in [5, 5.41) is 23.9. The molecule has 0 saturated carbocycles. The van der Waals surface area contributed by atoms with E-state index in [-0.39, 0.29) is 11.5 Å². The number of benzene rings is 2. The number of aromatic nitrogens is 3. The van der Waals surface area contributed by atoms with Crippen LogP contribution in [-0.4, -0.2) is 50.4 Å². The molecule has 192 valence electrons. The second-order valence-corrected chi connectivity index (χ2v) is 8.81. The van der Waals surface area contributed by atoms with Gasteiger partial charge >= 0.3 is 0 Å². The van der Waals surface area contributed by atoms with Crippen LogP contribution in [0, 0.1) is 12.3 Å². The summed E-state index contributed by atoms with van der Waals surface area (Å²) in [6.07, 6.45) is 8.40. The van der Waals surface area contributed by atoms with Gasteiger partial charge in [-0.15, -0.1) is 6.42 Å². The van der Waals surface area contributed by atoms with E-state index in [1.54, 1.807) is 12.1 Å². The summed E-state index contributed by atoms with van der Waals surface area (Å²) in [6, 6.07) is 11.0. The highest BCUT2D eigenvalue weighted by atomic mass is 16.5. The number of aromatic hydroxyl groups is 2. The molecular weight excluding hydrogens is 470 g/mol. The summed E-state index contributed by atoms with van der Waals surface area (Å²) in [7, 11) is 0. The highest BCUT2D eigenvalue weighted by molar-refractivity contribution is 6.06. The molecule has 4 rings (SSSR count). The molecule has 9 nitrogen and oxygen atoms in total. The van der Waals surface area contributed by atoms with E-state index in [2.05, 4.69) is 21.8 Å². The first-order chi connectivity index (χ1) is 17.9. The van der Waals surface area contributed by atoms with Crippen LogP contribution in [0.25, 0.3) is 21.9 Å². The molecule has 0 aliphatic heterocycles. The number of nitrogens with one attached hydrogen (secondary N) is 1. The van der Waals surface area contributed by atoms with E-state index in [1.807, 2.05) is 24.1 Å². The van der Waals surface area contributed by atoms with Crippen LogP contribution in [0.2, 0.25) is 0 Å². The molecule has 2 heterocycles. The highest BCUT2D eigenvalue weighted by Crippen LogP contribution is 2.34. The summed E-state index contributed by atoms with van der Waals surface area (Å²) in [6.45, 7) is 3.66. The smallest absolute Gasteiger partial charge is 0.295 e. The van der Waals surface area contributed by atoms with E-state index in [0.717, 1.165) is 47.1 Å². The van der Waals surface area contributed by atoms with Gasteiger partial charge in [0.2, 0.25) is 0 Å². The Morgan fingerprint density at radius 3 is 2.81 bits per heavy atom. The number of amides is 1. The van der Waals surface area contributed by atoms with Gasteiger partial charge in [0.15, 0.2) is 17.3 Å². The minimum absolute atomic E-state index is 0.140. The summed E-state index contributed by atoms with van der Waals surface area (Å²) >= 11 is 0. The van der Waals surface area contributed by atoms with E-state index in [0.29, 0.717) is 49.6 Å². The molecule has 0 aliphatic rings. The van der Waals surface area contributed by atoms with Gasteiger partial charge in [-0.2, -0.15) is 0 Å². The molecule has 0 aliphatic carbocycles. The van der Waals surface area contributed by atoms with Crippen molar-refractivity contribution in [3.63, 3.8) is 0 Å². The van der Waals surface area contributed by atoms with Gasteiger partial charge < -0.3 is 30.6 Å². The number of unbranched alkanes of at least 4 members (excludes halogenated alkanes) is 1. The lowest BCUT2D eigenvalue weighted by Gasteiger charge is -2.13. The maximum Gasteiger partial charge on any atom is 0.295 e. The van der Waals surface area contributed by atoms with Crippen LogP contribution >= 0.6 is 0 Å². The standard InChI is InChI=1S/C28H31N5O4/c1-3-5-9-23-32-25-26(33(23)17-19-7-6-8-22(34)27(19)36)20-11-10-18(16-21(20)31-28(25)29)12-14-37-15-13-30-24(35)4-2/h2,6-8,10-11,16,34,36H,3,5,9,12-15,17H2,1H3,(H2,29,31)(H,30,35). The minimum Gasteiger partial charge on any atom is -0.504 e. The molecule has 0 fully saturated rings. The average Bonchev–Trinajstić information content (AvgIpc) is 3.26. The molecule has 0 atom stereocenters. The van der Waals surface area contributed by atoms with Gasteiger partial charge in [-0.25, -0.2) is 9.97 Å². The average molecular weight is 502 g/mol. The topological polar surface area (TPSA) is 136 Å². The van der Waals surface area contributed by atoms with Gasteiger partial charge in [0, 0.05) is 23.9 Å². The van der Waals surface area contributed by atoms with Gasteiger partial charge in [-0.3, -0.25) is 4.79 Å². The number of ether oxygens (including phenoxy) is 1. The molecular formula is C28H31N5O4. The van der Waals surface area contributed by atoms with Crippen LogP contribution in [0.1, 0.15) is 36.7 Å². The number of pyridine rings is 1. The molecule has 4 aromatic rings. The molecule has 0 bridgehead atoms. The molecule has 0 spiro atoms. The number of rotatable bonds is 11. The molecule has 1 amide bonds. The number of fused-ring (bicyclic) bond motifs is 3. The van der Waals surface area contributed by atoms with E-state index < -0.39 is 5.91 Å². The number of nitrogens with two attached hydrogens (primary N) is 1. The van der Waals surface area contributed by atoms with Crippen LogP contribution in [0.5, 0.6) is 11.5 Å². The van der Waals surface area contributed by atoms with Crippen molar-refractivity contribution in [1.29, 1.82) is 0 Å². The lowest BCUT2D eigenvalue weighted by Crippen LogP contribution is -2.25. The molecule has 0 unspecified atom stereocenters. The fourth-order valence-corrected chi connectivity index (χ4v) is 4.31. The third-order valence-corrected chi connectivity index (χ3v) is 6.23. The van der Waals surface area contributed by atoms with E-state index >= 15 is 0 Å². The van der Waals surface area contributed by atoms with Gasteiger partial charge in [-0.1, -0.05) is 37.6 Å². The zero-order valence-corrected chi connectivity index (χ0v) is 20.8. The van der Waals surface area contributed by atoms with Crippen molar-refractivity contribution < 1.29 is 19.7 Å². The molecule has 2 aromatic carbocycles. The fraction of sp³-hybridized carbons (Fsp3) is 0.321. The Bertz CT molecular complexity index is 1470.